The first-order valence-electron chi connectivity index (χ1n) is 2.78. The van der Waals surface area contributed by atoms with Gasteiger partial charge in [0.15, 0.2) is 0 Å². The lowest BCUT2D eigenvalue weighted by Gasteiger charge is -2.03. The summed E-state index contributed by atoms with van der Waals surface area (Å²) >= 11 is 0. The van der Waals surface area contributed by atoms with E-state index in [1.54, 1.807) is 0 Å². The Balaban J connectivity index is 2.39. The van der Waals surface area contributed by atoms with Crippen molar-refractivity contribution in [2.24, 2.45) is 5.73 Å². The molecule has 2 nitrogen and oxygen atoms in total. The molecule has 0 aromatic carbocycles. The van der Waals surface area contributed by atoms with Gasteiger partial charge in [-0.15, -0.1) is 0 Å². The van der Waals surface area contributed by atoms with Crippen LogP contribution in [0.4, 0.5) is 4.39 Å². The van der Waals surface area contributed by atoms with Gasteiger partial charge in [-0.1, -0.05) is 0 Å². The van der Waals surface area contributed by atoms with E-state index in [4.69, 9.17) is 10.8 Å². The van der Waals surface area contributed by atoms with Crippen LogP contribution in [-0.2, 0) is 0 Å². The van der Waals surface area contributed by atoms with Crippen molar-refractivity contribution in [3.05, 3.63) is 0 Å². The average molecular weight is 119 g/mol. The van der Waals surface area contributed by atoms with Crippen LogP contribution in [0.2, 0.25) is 0 Å². The van der Waals surface area contributed by atoms with Crippen LogP contribution in [0.15, 0.2) is 0 Å². The number of nitrogens with two attached hydrogens (primary N) is 1. The minimum absolute atomic E-state index is 0.223. The molecule has 1 aliphatic carbocycles. The molecule has 1 rings (SSSR count). The second-order valence-electron chi connectivity index (χ2n) is 2.30. The molecule has 3 heteroatoms. The average Bonchev–Trinajstić information content (AvgIpc) is 1.85. The Morgan fingerprint density at radius 1 is 1.50 bits per heavy atom. The van der Waals surface area contributed by atoms with Crippen LogP contribution in [0.3, 0.4) is 0 Å². The zero-order chi connectivity index (χ0) is 6.15. The topological polar surface area (TPSA) is 46.2 Å². The lowest BCUT2D eigenvalue weighted by atomic mass is 10.2. The maximum Gasteiger partial charge on any atom is 0.104 e. The molecule has 8 heavy (non-hydrogen) atoms. The van der Waals surface area contributed by atoms with E-state index in [-0.39, 0.29) is 12.5 Å². The van der Waals surface area contributed by atoms with Gasteiger partial charge in [-0.25, -0.2) is 4.39 Å². The normalized spacial score (nSPS) is 47.6. The third-order valence-electron chi connectivity index (χ3n) is 1.52. The fraction of sp³-hybridized carbons (Fsp3) is 1.00. The van der Waals surface area contributed by atoms with Gasteiger partial charge in [-0.2, -0.15) is 0 Å². The molecule has 0 saturated heterocycles. The van der Waals surface area contributed by atoms with Crippen LogP contribution in [0.1, 0.15) is 12.8 Å². The van der Waals surface area contributed by atoms with Gasteiger partial charge in [0.2, 0.25) is 0 Å². The highest BCUT2D eigenvalue weighted by atomic mass is 19.1. The number of aliphatic hydroxyl groups excluding tert-OH is 1. The van der Waals surface area contributed by atoms with Gasteiger partial charge in [0, 0.05) is 12.5 Å². The molecule has 1 aliphatic rings. The van der Waals surface area contributed by atoms with Crippen molar-refractivity contribution < 1.29 is 9.50 Å². The lowest BCUT2D eigenvalue weighted by Crippen LogP contribution is -2.28. The minimum atomic E-state index is -0.875. The van der Waals surface area contributed by atoms with Crippen LogP contribution >= 0.6 is 0 Å². The highest BCUT2D eigenvalue weighted by Crippen LogP contribution is 2.20. The summed E-state index contributed by atoms with van der Waals surface area (Å²) in [7, 11) is 0. The molecular formula is C5H10FNO. The minimum Gasteiger partial charge on any atom is -0.391 e. The summed E-state index contributed by atoms with van der Waals surface area (Å²) in [6, 6.07) is -0.329. The quantitative estimate of drug-likeness (QED) is 0.464. The van der Waals surface area contributed by atoms with Crippen molar-refractivity contribution in [2.45, 2.75) is 31.2 Å². The number of hydrogen-bond donors (Lipinski definition) is 2. The van der Waals surface area contributed by atoms with Gasteiger partial charge >= 0.3 is 0 Å². The molecule has 1 fully saturated rings. The third kappa shape index (κ3) is 0.980. The standard InChI is InChI=1S/C5H10FNO/c6-3-1-4(7)5(8)2-3/h3-5,8H,1-2,7H2/t3?,4-,5-/m0/s1. The Hall–Kier alpha value is -0.150. The highest BCUT2D eigenvalue weighted by Gasteiger charge is 2.29. The lowest BCUT2D eigenvalue weighted by molar-refractivity contribution is 0.157. The van der Waals surface area contributed by atoms with Crippen LogP contribution in [0, 0.1) is 0 Å². The van der Waals surface area contributed by atoms with Gasteiger partial charge in [-0.05, 0) is 6.42 Å². The molecule has 0 spiro atoms. The van der Waals surface area contributed by atoms with Crippen molar-refractivity contribution in [3.63, 3.8) is 0 Å². The molecule has 3 atom stereocenters. The second-order valence-corrected chi connectivity index (χ2v) is 2.30. The van der Waals surface area contributed by atoms with E-state index in [9.17, 15) is 4.39 Å². The molecule has 0 heterocycles. The summed E-state index contributed by atoms with van der Waals surface area (Å²) in [6.07, 6.45) is -0.938. The number of rotatable bonds is 0. The molecular weight excluding hydrogens is 109 g/mol. The highest BCUT2D eigenvalue weighted by molar-refractivity contribution is 4.85. The molecule has 3 N–H and O–H groups in total. The summed E-state index contributed by atoms with van der Waals surface area (Å²) in [5, 5.41) is 8.80. The van der Waals surface area contributed by atoms with E-state index in [0.29, 0.717) is 6.42 Å². The fourth-order valence-electron chi connectivity index (χ4n) is 0.985. The summed E-state index contributed by atoms with van der Waals surface area (Å²) < 4.78 is 12.2. The van der Waals surface area contributed by atoms with E-state index >= 15 is 0 Å². The van der Waals surface area contributed by atoms with E-state index in [1.807, 2.05) is 0 Å². The molecule has 48 valence electrons. The molecule has 0 aliphatic heterocycles. The van der Waals surface area contributed by atoms with Crippen molar-refractivity contribution in [3.8, 4) is 0 Å². The number of alkyl halides is 1. The van der Waals surface area contributed by atoms with Crippen molar-refractivity contribution >= 4 is 0 Å². The zero-order valence-corrected chi connectivity index (χ0v) is 4.55. The Bertz CT molecular complexity index is 78.5. The monoisotopic (exact) mass is 119 g/mol. The van der Waals surface area contributed by atoms with Crippen molar-refractivity contribution in [1.29, 1.82) is 0 Å². The summed E-state index contributed by atoms with van der Waals surface area (Å²) in [6.45, 7) is 0. The molecule has 0 radical (unpaired) electrons. The maximum atomic E-state index is 12.2. The predicted octanol–water partition coefficient (Wildman–Crippen LogP) is -0.194. The van der Waals surface area contributed by atoms with Crippen LogP contribution in [0.5, 0.6) is 0 Å². The van der Waals surface area contributed by atoms with E-state index in [2.05, 4.69) is 0 Å². The van der Waals surface area contributed by atoms with Gasteiger partial charge < -0.3 is 10.8 Å². The molecule has 0 bridgehead atoms. The van der Waals surface area contributed by atoms with Gasteiger partial charge in [0.25, 0.3) is 0 Å². The fourth-order valence-corrected chi connectivity index (χ4v) is 0.985. The second kappa shape index (κ2) is 1.99. The Morgan fingerprint density at radius 2 is 2.12 bits per heavy atom. The number of hydrogen-bond acceptors (Lipinski definition) is 2. The van der Waals surface area contributed by atoms with E-state index in [0.717, 1.165) is 0 Å². The SMILES string of the molecule is N[C@H]1CC(F)C[C@@H]1O. The Morgan fingerprint density at radius 3 is 2.25 bits per heavy atom. The van der Waals surface area contributed by atoms with Crippen molar-refractivity contribution in [1.82, 2.24) is 0 Å². The van der Waals surface area contributed by atoms with Gasteiger partial charge in [-0.3, -0.25) is 0 Å². The Kier molecular flexibility index (Phi) is 1.49. The van der Waals surface area contributed by atoms with E-state index < -0.39 is 12.3 Å². The summed E-state index contributed by atoms with van der Waals surface area (Å²) in [4.78, 5) is 0. The first-order valence-corrected chi connectivity index (χ1v) is 2.78. The molecule has 0 aromatic heterocycles. The first kappa shape index (κ1) is 5.98. The van der Waals surface area contributed by atoms with Gasteiger partial charge in [0.1, 0.15) is 6.17 Å². The van der Waals surface area contributed by atoms with Crippen LogP contribution in [0.25, 0.3) is 0 Å². The zero-order valence-electron chi connectivity index (χ0n) is 4.55. The molecule has 0 amide bonds. The molecule has 1 saturated carbocycles. The first-order chi connectivity index (χ1) is 3.70. The summed E-state index contributed by atoms with van der Waals surface area (Å²) in [5.41, 5.74) is 5.28. The predicted molar refractivity (Wildman–Crippen MR) is 28.1 cm³/mol. The van der Waals surface area contributed by atoms with Crippen molar-refractivity contribution in [2.75, 3.05) is 0 Å². The van der Waals surface area contributed by atoms with Crippen LogP contribution in [-0.4, -0.2) is 23.4 Å². The molecule has 0 aromatic rings. The summed E-state index contributed by atoms with van der Waals surface area (Å²) in [5.74, 6) is 0. The third-order valence-corrected chi connectivity index (χ3v) is 1.52. The number of aliphatic hydroxyl groups is 1. The Labute approximate surface area is 47.5 Å². The maximum absolute atomic E-state index is 12.2. The molecule has 1 unspecified atom stereocenters. The van der Waals surface area contributed by atoms with Crippen LogP contribution < -0.4 is 5.73 Å². The van der Waals surface area contributed by atoms with E-state index in [1.165, 1.54) is 0 Å². The smallest absolute Gasteiger partial charge is 0.104 e. The number of halogens is 1. The van der Waals surface area contributed by atoms with Gasteiger partial charge in [0.05, 0.1) is 6.10 Å². The largest absolute Gasteiger partial charge is 0.391 e.